The molecule has 5 nitrogen and oxygen atoms in total. The standard InChI is InChI=1S/C16H32N2O3S/c1-16(2,3)21-15(19)18-12-13-8-5-6-9-14(13)17-10-7-11-22(4)20/h13-14,17H,5-12H2,1-4H3,(H,18,19). The van der Waals surface area contributed by atoms with E-state index in [1.54, 1.807) is 6.26 Å². The predicted octanol–water partition coefficient (Wildman–Crippen LogP) is 2.43. The fourth-order valence-corrected chi connectivity index (χ4v) is 3.36. The minimum atomic E-state index is -0.714. The van der Waals surface area contributed by atoms with E-state index in [1.165, 1.54) is 12.8 Å². The molecule has 1 amide bonds. The predicted molar refractivity (Wildman–Crippen MR) is 91.5 cm³/mol. The lowest BCUT2D eigenvalue weighted by molar-refractivity contribution is 0.0510. The van der Waals surface area contributed by atoms with Crippen molar-refractivity contribution in [2.24, 2.45) is 5.92 Å². The Morgan fingerprint density at radius 2 is 1.95 bits per heavy atom. The van der Waals surface area contributed by atoms with Crippen LogP contribution in [0.1, 0.15) is 52.9 Å². The Morgan fingerprint density at radius 3 is 2.59 bits per heavy atom. The Bertz CT molecular complexity index is 369. The van der Waals surface area contributed by atoms with Gasteiger partial charge >= 0.3 is 6.09 Å². The number of carbonyl (C=O) groups excluding carboxylic acids is 1. The van der Waals surface area contributed by atoms with Crippen molar-refractivity contribution in [3.05, 3.63) is 0 Å². The minimum Gasteiger partial charge on any atom is -0.444 e. The second kappa shape index (κ2) is 9.50. The molecule has 1 aliphatic carbocycles. The lowest BCUT2D eigenvalue weighted by atomic mass is 9.84. The van der Waals surface area contributed by atoms with Crippen LogP contribution in [0.25, 0.3) is 0 Å². The average molecular weight is 333 g/mol. The van der Waals surface area contributed by atoms with E-state index < -0.39 is 16.4 Å². The summed E-state index contributed by atoms with van der Waals surface area (Å²) < 4.78 is 16.4. The van der Waals surface area contributed by atoms with E-state index in [0.29, 0.717) is 18.5 Å². The van der Waals surface area contributed by atoms with Crippen molar-refractivity contribution in [1.29, 1.82) is 0 Å². The largest absolute Gasteiger partial charge is 0.444 e. The second-order valence-electron chi connectivity index (χ2n) is 7.12. The van der Waals surface area contributed by atoms with Gasteiger partial charge in [-0.25, -0.2) is 4.79 Å². The molecule has 0 saturated heterocycles. The van der Waals surface area contributed by atoms with Crippen LogP contribution in [-0.4, -0.2) is 47.0 Å². The van der Waals surface area contributed by atoms with Crippen molar-refractivity contribution in [2.75, 3.05) is 25.1 Å². The molecule has 0 aliphatic heterocycles. The van der Waals surface area contributed by atoms with Crippen molar-refractivity contribution in [2.45, 2.75) is 64.5 Å². The van der Waals surface area contributed by atoms with Crippen LogP contribution in [0.4, 0.5) is 4.79 Å². The summed E-state index contributed by atoms with van der Waals surface area (Å²) in [6.45, 7) is 7.17. The molecule has 0 spiro atoms. The first kappa shape index (κ1) is 19.4. The fraction of sp³-hybridized carbons (Fsp3) is 0.938. The number of ether oxygens (including phenoxy) is 1. The molecule has 6 heteroatoms. The smallest absolute Gasteiger partial charge is 0.407 e. The van der Waals surface area contributed by atoms with Gasteiger partial charge in [-0.15, -0.1) is 0 Å². The zero-order valence-electron chi connectivity index (χ0n) is 14.4. The molecule has 1 rings (SSSR count). The summed E-state index contributed by atoms with van der Waals surface area (Å²) >= 11 is 0. The van der Waals surface area contributed by atoms with Crippen molar-refractivity contribution in [1.82, 2.24) is 10.6 Å². The van der Waals surface area contributed by atoms with Crippen LogP contribution in [0.2, 0.25) is 0 Å². The highest BCUT2D eigenvalue weighted by atomic mass is 32.2. The van der Waals surface area contributed by atoms with Gasteiger partial charge in [0.2, 0.25) is 0 Å². The van der Waals surface area contributed by atoms with E-state index in [-0.39, 0.29) is 6.09 Å². The third-order valence-electron chi connectivity index (χ3n) is 3.83. The summed E-state index contributed by atoms with van der Waals surface area (Å²) in [6, 6.07) is 0.439. The van der Waals surface area contributed by atoms with Crippen LogP contribution >= 0.6 is 0 Å². The Labute approximate surface area is 137 Å². The maximum absolute atomic E-state index is 11.8. The topological polar surface area (TPSA) is 67.4 Å². The number of hydrogen-bond donors (Lipinski definition) is 2. The van der Waals surface area contributed by atoms with Crippen LogP contribution in [0.15, 0.2) is 0 Å². The molecule has 0 radical (unpaired) electrons. The van der Waals surface area contributed by atoms with Gasteiger partial charge in [-0.1, -0.05) is 12.8 Å². The summed E-state index contributed by atoms with van der Waals surface area (Å²) in [7, 11) is -0.714. The van der Waals surface area contributed by atoms with Crippen molar-refractivity contribution < 1.29 is 13.7 Å². The maximum Gasteiger partial charge on any atom is 0.407 e. The minimum absolute atomic E-state index is 0.335. The van der Waals surface area contributed by atoms with E-state index in [2.05, 4.69) is 10.6 Å². The van der Waals surface area contributed by atoms with Crippen LogP contribution in [0.5, 0.6) is 0 Å². The van der Waals surface area contributed by atoms with Gasteiger partial charge in [0, 0.05) is 35.4 Å². The SMILES string of the molecule is CS(=O)CCCNC1CCCCC1CNC(=O)OC(C)(C)C. The van der Waals surface area contributed by atoms with Gasteiger partial charge in [-0.3, -0.25) is 4.21 Å². The fourth-order valence-electron chi connectivity index (χ4n) is 2.81. The molecular weight excluding hydrogens is 300 g/mol. The molecule has 0 aromatic heterocycles. The van der Waals surface area contributed by atoms with Crippen LogP contribution in [0.3, 0.4) is 0 Å². The molecule has 22 heavy (non-hydrogen) atoms. The molecule has 0 bridgehead atoms. The average Bonchev–Trinajstić information content (AvgIpc) is 2.40. The second-order valence-corrected chi connectivity index (χ2v) is 8.67. The molecule has 3 atom stereocenters. The van der Waals surface area contributed by atoms with Gasteiger partial charge in [0.05, 0.1) is 0 Å². The summed E-state index contributed by atoms with van der Waals surface area (Å²) in [5, 5.41) is 6.47. The zero-order valence-corrected chi connectivity index (χ0v) is 15.3. The number of carbonyl (C=O) groups is 1. The highest BCUT2D eigenvalue weighted by molar-refractivity contribution is 7.84. The summed E-state index contributed by atoms with van der Waals surface area (Å²) in [5.74, 6) is 1.20. The molecular formula is C16H32N2O3S. The number of hydrogen-bond acceptors (Lipinski definition) is 4. The number of nitrogens with one attached hydrogen (secondary N) is 2. The highest BCUT2D eigenvalue weighted by Crippen LogP contribution is 2.24. The Hall–Kier alpha value is -0.620. The third-order valence-corrected chi connectivity index (χ3v) is 4.70. The summed E-state index contributed by atoms with van der Waals surface area (Å²) in [6.07, 6.45) is 7.08. The highest BCUT2D eigenvalue weighted by Gasteiger charge is 2.25. The lowest BCUT2D eigenvalue weighted by Gasteiger charge is -2.32. The van der Waals surface area contributed by atoms with Crippen LogP contribution in [-0.2, 0) is 15.5 Å². The molecule has 2 N–H and O–H groups in total. The van der Waals surface area contributed by atoms with E-state index in [9.17, 15) is 9.00 Å². The van der Waals surface area contributed by atoms with Crippen molar-refractivity contribution in [3.63, 3.8) is 0 Å². The molecule has 3 unspecified atom stereocenters. The zero-order chi connectivity index (χ0) is 16.6. The first-order valence-corrected chi connectivity index (χ1v) is 10.0. The van der Waals surface area contributed by atoms with Crippen LogP contribution < -0.4 is 10.6 Å². The molecule has 0 aromatic carbocycles. The monoisotopic (exact) mass is 332 g/mol. The van der Waals surface area contributed by atoms with E-state index in [1.807, 2.05) is 20.8 Å². The van der Waals surface area contributed by atoms with E-state index >= 15 is 0 Å². The first-order valence-electron chi connectivity index (χ1n) is 8.28. The maximum atomic E-state index is 11.8. The van der Waals surface area contributed by atoms with Gasteiger partial charge in [0.1, 0.15) is 5.60 Å². The van der Waals surface area contributed by atoms with E-state index in [0.717, 1.165) is 31.6 Å². The Morgan fingerprint density at radius 1 is 1.27 bits per heavy atom. The Kier molecular flexibility index (Phi) is 8.39. The molecule has 1 fully saturated rings. The first-order chi connectivity index (χ1) is 10.3. The van der Waals surface area contributed by atoms with Gasteiger partial charge < -0.3 is 15.4 Å². The van der Waals surface area contributed by atoms with Crippen molar-refractivity contribution >= 4 is 16.9 Å². The summed E-state index contributed by atoms with van der Waals surface area (Å²) in [5.41, 5.74) is -0.454. The van der Waals surface area contributed by atoms with Gasteiger partial charge in [0.15, 0.2) is 0 Å². The normalized spacial score (nSPS) is 23.8. The lowest BCUT2D eigenvalue weighted by Crippen LogP contribution is -2.45. The van der Waals surface area contributed by atoms with E-state index in [4.69, 9.17) is 4.74 Å². The molecule has 130 valence electrons. The quantitative estimate of drug-likeness (QED) is 0.703. The summed E-state index contributed by atoms with van der Waals surface area (Å²) in [4.78, 5) is 11.8. The third kappa shape index (κ3) is 8.73. The van der Waals surface area contributed by atoms with Gasteiger partial charge in [-0.2, -0.15) is 0 Å². The van der Waals surface area contributed by atoms with Crippen molar-refractivity contribution in [3.8, 4) is 0 Å². The Balaban J connectivity index is 2.32. The van der Waals surface area contributed by atoms with Crippen LogP contribution in [0, 0.1) is 5.92 Å². The molecule has 0 heterocycles. The molecule has 0 aromatic rings. The van der Waals surface area contributed by atoms with Gasteiger partial charge in [0.25, 0.3) is 0 Å². The number of rotatable bonds is 7. The number of alkyl carbamates (subject to hydrolysis) is 1. The molecule has 1 aliphatic rings. The van der Waals surface area contributed by atoms with Gasteiger partial charge in [-0.05, 0) is 52.5 Å². The number of amides is 1. The molecule has 1 saturated carbocycles.